The summed E-state index contributed by atoms with van der Waals surface area (Å²) in [7, 11) is 5.85. The van der Waals surface area contributed by atoms with Gasteiger partial charge in [0.2, 0.25) is 0 Å². The van der Waals surface area contributed by atoms with E-state index in [4.69, 9.17) is 0 Å². The van der Waals surface area contributed by atoms with E-state index in [0.29, 0.717) is 0 Å². The fourth-order valence-corrected chi connectivity index (χ4v) is 1.32. The monoisotopic (exact) mass is 167 g/mol. The number of hydrogen-bond donors (Lipinski definition) is 3. The first-order valence-corrected chi connectivity index (χ1v) is 4.21. The standard InChI is InChI=1S/C9H17N3/c1-10-8-4-6-9(11-2,12-3)7-5-8/h4-6,10-12H,7H2,1-3H3. The maximum atomic E-state index is 3.24. The van der Waals surface area contributed by atoms with Gasteiger partial charge in [-0.05, 0) is 26.2 Å². The lowest BCUT2D eigenvalue weighted by molar-refractivity contribution is 0.374. The normalized spacial score (nSPS) is 20.4. The molecular formula is C9H17N3. The van der Waals surface area contributed by atoms with E-state index in [1.54, 1.807) is 0 Å². The summed E-state index contributed by atoms with van der Waals surface area (Å²) in [5.74, 6) is 0. The average molecular weight is 167 g/mol. The lowest BCUT2D eigenvalue weighted by Crippen LogP contribution is -2.52. The lowest BCUT2D eigenvalue weighted by Gasteiger charge is -2.31. The summed E-state index contributed by atoms with van der Waals surface area (Å²) in [6.07, 6.45) is 7.36. The molecule has 1 aliphatic rings. The van der Waals surface area contributed by atoms with Gasteiger partial charge in [0.05, 0.1) is 5.66 Å². The van der Waals surface area contributed by atoms with Gasteiger partial charge in [-0.3, -0.25) is 10.6 Å². The fourth-order valence-electron chi connectivity index (χ4n) is 1.32. The first kappa shape index (κ1) is 9.29. The molecule has 0 fully saturated rings. The Hall–Kier alpha value is -0.800. The Morgan fingerprint density at radius 2 is 1.92 bits per heavy atom. The summed E-state index contributed by atoms with van der Waals surface area (Å²) < 4.78 is 0. The Morgan fingerprint density at radius 1 is 1.25 bits per heavy atom. The van der Waals surface area contributed by atoms with Gasteiger partial charge in [-0.15, -0.1) is 0 Å². The molecule has 0 unspecified atom stereocenters. The smallest absolute Gasteiger partial charge is 0.0914 e. The molecular weight excluding hydrogens is 150 g/mol. The van der Waals surface area contributed by atoms with Gasteiger partial charge in [0.1, 0.15) is 0 Å². The first-order valence-electron chi connectivity index (χ1n) is 4.21. The van der Waals surface area contributed by atoms with E-state index >= 15 is 0 Å². The van der Waals surface area contributed by atoms with Gasteiger partial charge in [0.25, 0.3) is 0 Å². The van der Waals surface area contributed by atoms with E-state index in [0.717, 1.165) is 6.42 Å². The van der Waals surface area contributed by atoms with E-state index < -0.39 is 0 Å². The topological polar surface area (TPSA) is 36.1 Å². The molecule has 1 rings (SSSR count). The third-order valence-electron chi connectivity index (χ3n) is 2.37. The number of hydrogen-bond acceptors (Lipinski definition) is 3. The zero-order valence-corrected chi connectivity index (χ0v) is 7.94. The van der Waals surface area contributed by atoms with Crippen LogP contribution in [-0.4, -0.2) is 26.8 Å². The molecule has 0 saturated heterocycles. The highest BCUT2D eigenvalue weighted by atomic mass is 15.2. The fraction of sp³-hybridized carbons (Fsp3) is 0.556. The second kappa shape index (κ2) is 3.74. The molecule has 3 nitrogen and oxygen atoms in total. The van der Waals surface area contributed by atoms with E-state index in [9.17, 15) is 0 Å². The Balaban J connectivity index is 2.67. The zero-order valence-electron chi connectivity index (χ0n) is 7.94. The molecule has 0 radical (unpaired) electrons. The van der Waals surface area contributed by atoms with Gasteiger partial charge >= 0.3 is 0 Å². The lowest BCUT2D eigenvalue weighted by atomic mass is 10.00. The molecule has 0 aromatic carbocycles. The van der Waals surface area contributed by atoms with E-state index in [1.165, 1.54) is 5.70 Å². The second-order valence-corrected chi connectivity index (χ2v) is 2.92. The van der Waals surface area contributed by atoms with Crippen LogP contribution >= 0.6 is 0 Å². The predicted octanol–water partition coefficient (Wildman–Crippen LogP) is 0.185. The molecule has 0 spiro atoms. The van der Waals surface area contributed by atoms with Crippen molar-refractivity contribution in [1.82, 2.24) is 16.0 Å². The molecule has 0 saturated carbocycles. The van der Waals surface area contributed by atoms with Crippen LogP contribution in [0.15, 0.2) is 23.9 Å². The molecule has 3 heteroatoms. The summed E-state index contributed by atoms with van der Waals surface area (Å²) in [6, 6.07) is 0. The van der Waals surface area contributed by atoms with Crippen LogP contribution in [0.1, 0.15) is 6.42 Å². The van der Waals surface area contributed by atoms with Crippen LogP contribution in [0.2, 0.25) is 0 Å². The van der Waals surface area contributed by atoms with Crippen LogP contribution in [0.4, 0.5) is 0 Å². The highest BCUT2D eigenvalue weighted by Gasteiger charge is 2.23. The van der Waals surface area contributed by atoms with Crippen molar-refractivity contribution in [2.45, 2.75) is 12.1 Å². The quantitative estimate of drug-likeness (QED) is 0.525. The van der Waals surface area contributed by atoms with Crippen molar-refractivity contribution in [3.8, 4) is 0 Å². The minimum atomic E-state index is -0.0552. The molecule has 12 heavy (non-hydrogen) atoms. The summed E-state index contributed by atoms with van der Waals surface area (Å²) >= 11 is 0. The van der Waals surface area contributed by atoms with Crippen molar-refractivity contribution in [2.75, 3.05) is 21.1 Å². The minimum Gasteiger partial charge on any atom is -0.388 e. The molecule has 0 aromatic rings. The van der Waals surface area contributed by atoms with Crippen LogP contribution < -0.4 is 16.0 Å². The highest BCUT2D eigenvalue weighted by Crippen LogP contribution is 2.15. The Morgan fingerprint density at radius 3 is 2.25 bits per heavy atom. The number of nitrogens with one attached hydrogen (secondary N) is 3. The third kappa shape index (κ3) is 1.68. The average Bonchev–Trinajstić information content (AvgIpc) is 2.18. The van der Waals surface area contributed by atoms with Gasteiger partial charge in [-0.25, -0.2) is 0 Å². The minimum absolute atomic E-state index is 0.0552. The maximum absolute atomic E-state index is 3.24. The van der Waals surface area contributed by atoms with Crippen molar-refractivity contribution in [3.63, 3.8) is 0 Å². The molecule has 0 amide bonds. The van der Waals surface area contributed by atoms with Gasteiger partial charge in [0.15, 0.2) is 0 Å². The molecule has 0 aliphatic heterocycles. The number of rotatable bonds is 3. The van der Waals surface area contributed by atoms with Gasteiger partial charge in [0, 0.05) is 19.2 Å². The zero-order chi connectivity index (χ0) is 9.03. The van der Waals surface area contributed by atoms with Crippen LogP contribution in [0.25, 0.3) is 0 Å². The third-order valence-corrected chi connectivity index (χ3v) is 2.37. The van der Waals surface area contributed by atoms with E-state index in [2.05, 4.69) is 34.2 Å². The highest BCUT2D eigenvalue weighted by molar-refractivity contribution is 5.27. The Bertz CT molecular complexity index is 202. The summed E-state index contributed by atoms with van der Waals surface area (Å²) in [4.78, 5) is 0. The van der Waals surface area contributed by atoms with Crippen LogP contribution in [-0.2, 0) is 0 Å². The van der Waals surface area contributed by atoms with Crippen molar-refractivity contribution in [1.29, 1.82) is 0 Å². The molecule has 3 N–H and O–H groups in total. The molecule has 0 aromatic heterocycles. The van der Waals surface area contributed by atoms with Gasteiger partial charge < -0.3 is 5.32 Å². The Kier molecular flexibility index (Phi) is 2.89. The number of allylic oxidation sites excluding steroid dienone is 1. The molecule has 0 atom stereocenters. The summed E-state index contributed by atoms with van der Waals surface area (Å²) in [5, 5.41) is 9.59. The van der Waals surface area contributed by atoms with Crippen molar-refractivity contribution in [2.24, 2.45) is 0 Å². The van der Waals surface area contributed by atoms with Gasteiger partial charge in [-0.2, -0.15) is 0 Å². The SMILES string of the molecule is CNC1=CCC(NC)(NC)C=C1. The molecule has 0 heterocycles. The van der Waals surface area contributed by atoms with E-state index in [-0.39, 0.29) is 5.66 Å². The van der Waals surface area contributed by atoms with E-state index in [1.807, 2.05) is 21.1 Å². The largest absolute Gasteiger partial charge is 0.388 e. The summed E-state index contributed by atoms with van der Waals surface area (Å²) in [5.41, 5.74) is 1.12. The van der Waals surface area contributed by atoms with Crippen molar-refractivity contribution in [3.05, 3.63) is 23.9 Å². The molecule has 0 bridgehead atoms. The molecule has 1 aliphatic carbocycles. The Labute approximate surface area is 73.9 Å². The first-order chi connectivity index (χ1) is 5.76. The maximum Gasteiger partial charge on any atom is 0.0914 e. The summed E-state index contributed by atoms with van der Waals surface area (Å²) in [6.45, 7) is 0. The van der Waals surface area contributed by atoms with Crippen molar-refractivity contribution < 1.29 is 0 Å². The van der Waals surface area contributed by atoms with Crippen molar-refractivity contribution >= 4 is 0 Å². The van der Waals surface area contributed by atoms with Crippen LogP contribution in [0, 0.1) is 0 Å². The second-order valence-electron chi connectivity index (χ2n) is 2.92. The number of likely N-dealkylation sites (N-methyl/N-ethyl adjacent to an activating group) is 3. The predicted molar refractivity (Wildman–Crippen MR) is 51.8 cm³/mol. The van der Waals surface area contributed by atoms with Gasteiger partial charge in [-0.1, -0.05) is 6.08 Å². The van der Waals surface area contributed by atoms with Crippen LogP contribution in [0.5, 0.6) is 0 Å². The molecule has 68 valence electrons. The van der Waals surface area contributed by atoms with Crippen LogP contribution in [0.3, 0.4) is 0 Å².